The van der Waals surface area contributed by atoms with E-state index in [1.807, 2.05) is 44.4 Å². The molecule has 1 unspecified atom stereocenters. The monoisotopic (exact) mass is 531 g/mol. The second-order valence-electron chi connectivity index (χ2n) is 12.4. The van der Waals surface area contributed by atoms with Gasteiger partial charge in [-0.25, -0.2) is 14.8 Å². The summed E-state index contributed by atoms with van der Waals surface area (Å²) >= 11 is 0. The summed E-state index contributed by atoms with van der Waals surface area (Å²) in [6.45, 7) is 14.5. The van der Waals surface area contributed by atoms with E-state index in [0.29, 0.717) is 31.1 Å². The molecule has 4 heterocycles. The normalized spacial score (nSPS) is 21.1. The number of benzene rings is 1. The molecule has 0 bridgehead atoms. The van der Waals surface area contributed by atoms with Crippen molar-refractivity contribution in [3.05, 3.63) is 70.9 Å². The van der Waals surface area contributed by atoms with Gasteiger partial charge in [0.05, 0.1) is 17.0 Å². The Morgan fingerprint density at radius 3 is 2.31 bits per heavy atom. The van der Waals surface area contributed by atoms with Crippen molar-refractivity contribution in [1.82, 2.24) is 24.7 Å². The quantitative estimate of drug-likeness (QED) is 0.555. The van der Waals surface area contributed by atoms with Crippen LogP contribution >= 0.6 is 0 Å². The van der Waals surface area contributed by atoms with Gasteiger partial charge in [0.15, 0.2) is 0 Å². The van der Waals surface area contributed by atoms with Crippen molar-refractivity contribution in [2.45, 2.75) is 64.9 Å². The summed E-state index contributed by atoms with van der Waals surface area (Å²) in [5.74, 6) is 0.375. The summed E-state index contributed by atoms with van der Waals surface area (Å²) in [4.78, 5) is 40.6. The van der Waals surface area contributed by atoms with E-state index in [-0.39, 0.29) is 17.4 Å². The van der Waals surface area contributed by atoms with Gasteiger partial charge in [0, 0.05) is 44.8 Å². The number of rotatable bonds is 5. The molecule has 3 aliphatic heterocycles. The molecule has 39 heavy (non-hydrogen) atoms. The van der Waals surface area contributed by atoms with Gasteiger partial charge in [0.25, 0.3) is 5.91 Å². The van der Waals surface area contributed by atoms with E-state index in [4.69, 9.17) is 4.74 Å². The van der Waals surface area contributed by atoms with Gasteiger partial charge in [-0.3, -0.25) is 9.69 Å². The summed E-state index contributed by atoms with van der Waals surface area (Å²) in [6.07, 6.45) is 6.26. The van der Waals surface area contributed by atoms with Gasteiger partial charge in [-0.05, 0) is 77.0 Å². The summed E-state index contributed by atoms with van der Waals surface area (Å²) in [5.41, 5.74) is 4.33. The maximum atomic E-state index is 13.2. The molecule has 0 saturated carbocycles. The Hall–Kier alpha value is -3.26. The van der Waals surface area contributed by atoms with E-state index in [1.54, 1.807) is 0 Å². The van der Waals surface area contributed by atoms with Gasteiger partial charge < -0.3 is 14.5 Å². The van der Waals surface area contributed by atoms with Crippen LogP contribution in [0.5, 0.6) is 0 Å². The molecule has 3 aliphatic rings. The van der Waals surface area contributed by atoms with Gasteiger partial charge >= 0.3 is 6.09 Å². The number of hydrogen-bond acceptors (Lipinski definition) is 6. The van der Waals surface area contributed by atoms with Crippen LogP contribution in [0.4, 0.5) is 4.79 Å². The highest BCUT2D eigenvalue weighted by molar-refractivity contribution is 5.97. The number of ether oxygens (including phenoxy) is 1. The van der Waals surface area contributed by atoms with E-state index >= 15 is 0 Å². The molecular weight excluding hydrogens is 490 g/mol. The predicted octanol–water partition coefficient (Wildman–Crippen LogP) is 4.72. The number of nitrogens with zero attached hydrogens (tertiary/aromatic N) is 5. The van der Waals surface area contributed by atoms with Crippen LogP contribution < -0.4 is 0 Å². The van der Waals surface area contributed by atoms with Crippen LogP contribution in [0.3, 0.4) is 0 Å². The third-order valence-electron chi connectivity index (χ3n) is 8.51. The number of hydrogen-bond donors (Lipinski definition) is 0. The Labute approximate surface area is 232 Å². The van der Waals surface area contributed by atoms with Crippen LogP contribution in [-0.2, 0) is 10.2 Å². The van der Waals surface area contributed by atoms with E-state index in [9.17, 15) is 9.59 Å². The molecule has 0 radical (unpaired) electrons. The van der Waals surface area contributed by atoms with Crippen molar-refractivity contribution >= 4 is 12.0 Å². The summed E-state index contributed by atoms with van der Waals surface area (Å²) in [5, 5.41) is 0. The zero-order valence-electron chi connectivity index (χ0n) is 23.9. The van der Waals surface area contributed by atoms with E-state index in [1.165, 1.54) is 17.5 Å². The summed E-state index contributed by atoms with van der Waals surface area (Å²) < 4.78 is 5.64. The molecule has 2 amide bonds. The van der Waals surface area contributed by atoms with Crippen molar-refractivity contribution in [3.8, 4) is 0 Å². The fourth-order valence-corrected chi connectivity index (χ4v) is 6.34. The Morgan fingerprint density at radius 2 is 1.69 bits per heavy atom. The fraction of sp³-hybridized carbons (Fsp3) is 0.548. The second-order valence-corrected chi connectivity index (χ2v) is 12.4. The molecule has 5 rings (SSSR count). The molecule has 8 heteroatoms. The molecule has 2 saturated heterocycles. The first kappa shape index (κ1) is 27.3. The zero-order chi connectivity index (χ0) is 27.8. The lowest BCUT2D eigenvalue weighted by Crippen LogP contribution is -2.47. The van der Waals surface area contributed by atoms with Crippen LogP contribution in [0.25, 0.3) is 0 Å². The third kappa shape index (κ3) is 5.86. The standard InChI is InChI=1S/C31H41N5O3/c1-22-27(23(2)33-21-32-22)28(37)36-19-24-17-34(18-25(24)20-36)14-11-31(26-9-7-6-8-10-26)12-15-35(16-13-31)29(38)39-30(3,4)5/h6-10,19,21,25H,11-18,20H2,1-5H3. The van der Waals surface area contributed by atoms with Crippen molar-refractivity contribution in [1.29, 1.82) is 0 Å². The number of likely N-dealkylation sites (tertiary alicyclic amines) is 2. The number of fused-ring (bicyclic) bond motifs is 1. The van der Waals surface area contributed by atoms with E-state index in [2.05, 4.69) is 51.4 Å². The maximum absolute atomic E-state index is 13.2. The van der Waals surface area contributed by atoms with Crippen molar-refractivity contribution in [2.24, 2.45) is 5.92 Å². The average Bonchev–Trinajstić information content (AvgIpc) is 3.46. The highest BCUT2D eigenvalue weighted by Gasteiger charge is 2.41. The number of piperidine rings is 1. The fourth-order valence-electron chi connectivity index (χ4n) is 6.34. The van der Waals surface area contributed by atoms with Crippen molar-refractivity contribution < 1.29 is 14.3 Å². The molecule has 1 atom stereocenters. The minimum absolute atomic E-state index is 0.00109. The Balaban J connectivity index is 1.22. The van der Waals surface area contributed by atoms with Gasteiger partial charge in [-0.15, -0.1) is 0 Å². The largest absolute Gasteiger partial charge is 0.444 e. The van der Waals surface area contributed by atoms with Crippen LogP contribution in [0.2, 0.25) is 0 Å². The van der Waals surface area contributed by atoms with Crippen LogP contribution in [0, 0.1) is 19.8 Å². The molecule has 208 valence electrons. The topological polar surface area (TPSA) is 78.9 Å². The van der Waals surface area contributed by atoms with Crippen LogP contribution in [0.15, 0.2) is 48.4 Å². The smallest absolute Gasteiger partial charge is 0.410 e. The first-order valence-corrected chi connectivity index (χ1v) is 14.1. The number of carbonyl (C=O) groups excluding carboxylic acids is 2. The molecule has 0 N–H and O–H groups in total. The summed E-state index contributed by atoms with van der Waals surface area (Å²) in [7, 11) is 0. The van der Waals surface area contributed by atoms with Gasteiger partial charge in [0.2, 0.25) is 0 Å². The van der Waals surface area contributed by atoms with Gasteiger partial charge in [-0.1, -0.05) is 30.3 Å². The highest BCUT2D eigenvalue weighted by atomic mass is 16.6. The SMILES string of the molecule is Cc1ncnc(C)c1C(=O)N1C=C2CN(CCC3(c4ccccc4)CCN(C(=O)OC(C)(C)C)CC3)CC2C1. The minimum Gasteiger partial charge on any atom is -0.444 e. The minimum atomic E-state index is -0.486. The predicted molar refractivity (Wildman–Crippen MR) is 150 cm³/mol. The molecule has 1 aromatic carbocycles. The number of aryl methyl sites for hydroxylation is 2. The van der Waals surface area contributed by atoms with Crippen molar-refractivity contribution in [2.75, 3.05) is 39.3 Å². The lowest BCUT2D eigenvalue weighted by Gasteiger charge is -2.43. The van der Waals surface area contributed by atoms with Gasteiger partial charge in [0.1, 0.15) is 11.9 Å². The molecule has 2 aromatic rings. The zero-order valence-corrected chi connectivity index (χ0v) is 23.9. The molecule has 8 nitrogen and oxygen atoms in total. The third-order valence-corrected chi connectivity index (χ3v) is 8.51. The average molecular weight is 532 g/mol. The first-order chi connectivity index (χ1) is 18.5. The van der Waals surface area contributed by atoms with Crippen LogP contribution in [-0.4, -0.2) is 81.5 Å². The highest BCUT2D eigenvalue weighted by Crippen LogP contribution is 2.40. The Kier molecular flexibility index (Phi) is 7.51. The van der Waals surface area contributed by atoms with E-state index < -0.39 is 5.60 Å². The first-order valence-electron chi connectivity index (χ1n) is 14.1. The number of carbonyl (C=O) groups is 2. The lowest BCUT2D eigenvalue weighted by atomic mass is 9.70. The molecular formula is C31H41N5O3. The molecule has 1 aromatic heterocycles. The van der Waals surface area contributed by atoms with Crippen LogP contribution in [0.1, 0.15) is 67.3 Å². The maximum Gasteiger partial charge on any atom is 0.410 e. The lowest BCUT2D eigenvalue weighted by molar-refractivity contribution is 0.0154. The van der Waals surface area contributed by atoms with Gasteiger partial charge in [-0.2, -0.15) is 0 Å². The van der Waals surface area contributed by atoms with E-state index in [0.717, 1.165) is 50.3 Å². The number of amides is 2. The molecule has 2 fully saturated rings. The number of aromatic nitrogens is 2. The second kappa shape index (κ2) is 10.7. The molecule has 0 aliphatic carbocycles. The Bertz CT molecular complexity index is 1220. The summed E-state index contributed by atoms with van der Waals surface area (Å²) in [6, 6.07) is 10.8. The molecule has 0 spiro atoms. The Morgan fingerprint density at radius 1 is 1.03 bits per heavy atom. The van der Waals surface area contributed by atoms with Crippen molar-refractivity contribution in [3.63, 3.8) is 0 Å².